The van der Waals surface area contributed by atoms with Crippen LogP contribution in [-0.2, 0) is 19.8 Å². The molecule has 3 amide bonds. The van der Waals surface area contributed by atoms with E-state index in [9.17, 15) is 36.7 Å². The zero-order valence-electron chi connectivity index (χ0n) is 22.6. The van der Waals surface area contributed by atoms with Gasteiger partial charge in [0.1, 0.15) is 17.7 Å². The van der Waals surface area contributed by atoms with Gasteiger partial charge < -0.3 is 20.2 Å². The molecule has 1 aromatic rings. The lowest BCUT2D eigenvalue weighted by atomic mass is 9.86. The number of carbonyl (C=O) groups excluding carboxylic acids is 2. The molecule has 0 aromatic heterocycles. The third-order valence-corrected chi connectivity index (χ3v) is 10.8. The van der Waals surface area contributed by atoms with E-state index in [1.165, 1.54) is 13.5 Å². The number of hydrogen-bond acceptors (Lipinski definition) is 6. The first kappa shape index (κ1) is 30.4. The number of piperidine rings is 1. The Morgan fingerprint density at radius 1 is 1.02 bits per heavy atom. The van der Waals surface area contributed by atoms with Crippen molar-refractivity contribution in [2.75, 3.05) is 45.8 Å². The molecule has 16 heteroatoms. The summed E-state index contributed by atoms with van der Waals surface area (Å²) in [6.07, 6.45) is 0.579. The molecule has 0 bridgehead atoms. The lowest BCUT2D eigenvalue weighted by molar-refractivity contribution is -0.143. The Bertz CT molecular complexity index is 1410. The number of carbonyl (C=O) groups is 3. The minimum Gasteiger partial charge on any atom is -0.465 e. The van der Waals surface area contributed by atoms with Crippen molar-refractivity contribution in [1.82, 2.24) is 23.7 Å². The van der Waals surface area contributed by atoms with Crippen LogP contribution in [0.25, 0.3) is 0 Å². The zero-order chi connectivity index (χ0) is 30.3. The lowest BCUT2D eigenvalue weighted by Crippen LogP contribution is -2.58. The number of rotatable bonds is 7. The molecule has 42 heavy (non-hydrogen) atoms. The molecule has 4 aliphatic rings. The summed E-state index contributed by atoms with van der Waals surface area (Å²) >= 11 is 5.71. The Hall–Kier alpha value is -3.06. The summed E-state index contributed by atoms with van der Waals surface area (Å²) in [5.41, 5.74) is -0.172. The molecule has 228 valence electrons. The van der Waals surface area contributed by atoms with Gasteiger partial charge in [-0.05, 0) is 37.8 Å². The van der Waals surface area contributed by atoms with Crippen LogP contribution in [0.15, 0.2) is 12.1 Å². The van der Waals surface area contributed by atoms with E-state index in [4.69, 9.17) is 16.9 Å². The smallest absolute Gasteiger partial charge is 0.407 e. The van der Waals surface area contributed by atoms with Gasteiger partial charge in [0.05, 0.1) is 29.0 Å². The highest BCUT2D eigenvalue weighted by molar-refractivity contribution is 7.86. The molecule has 4 saturated heterocycles. The van der Waals surface area contributed by atoms with E-state index in [-0.39, 0.29) is 63.2 Å². The van der Waals surface area contributed by atoms with Gasteiger partial charge in [0.2, 0.25) is 11.8 Å². The largest absolute Gasteiger partial charge is 0.465 e. The van der Waals surface area contributed by atoms with Crippen LogP contribution in [0.2, 0.25) is 5.02 Å². The predicted molar refractivity (Wildman–Crippen MR) is 144 cm³/mol. The number of carboxylic acid groups (broad SMARTS) is 1. The highest BCUT2D eigenvalue weighted by Crippen LogP contribution is 2.35. The van der Waals surface area contributed by atoms with E-state index in [0.29, 0.717) is 25.7 Å². The molecule has 0 spiro atoms. The fourth-order valence-electron chi connectivity index (χ4n) is 6.12. The Morgan fingerprint density at radius 2 is 1.71 bits per heavy atom. The second-order valence-electron chi connectivity index (χ2n) is 11.3. The van der Waals surface area contributed by atoms with Crippen LogP contribution in [0, 0.1) is 40.7 Å². The fourth-order valence-corrected chi connectivity index (χ4v) is 8.06. The number of likely N-dealkylation sites (tertiary alicyclic amines) is 2. The molecular formula is C26H31ClF2N6O6S. The van der Waals surface area contributed by atoms with Gasteiger partial charge in [-0.3, -0.25) is 9.59 Å². The van der Waals surface area contributed by atoms with E-state index in [1.54, 1.807) is 0 Å². The molecule has 0 aliphatic carbocycles. The van der Waals surface area contributed by atoms with Gasteiger partial charge in [0.25, 0.3) is 10.2 Å². The third-order valence-electron chi connectivity index (χ3n) is 8.58. The van der Waals surface area contributed by atoms with Crippen LogP contribution in [0.4, 0.5) is 13.6 Å². The van der Waals surface area contributed by atoms with Crippen molar-refractivity contribution in [3.05, 3.63) is 34.4 Å². The Balaban J connectivity index is 1.29. The maximum absolute atomic E-state index is 14.9. The topological polar surface area (TPSA) is 154 Å². The van der Waals surface area contributed by atoms with Crippen molar-refractivity contribution in [2.45, 2.75) is 37.8 Å². The predicted octanol–water partition coefficient (Wildman–Crippen LogP) is 1.79. The molecule has 0 radical (unpaired) electrons. The number of nitrogens with one attached hydrogen (secondary N) is 1. The Kier molecular flexibility index (Phi) is 8.62. The molecule has 2 N–H and O–H groups in total. The van der Waals surface area contributed by atoms with E-state index in [1.807, 2.05) is 6.07 Å². The molecule has 3 atom stereocenters. The number of hydrogen-bond donors (Lipinski definition) is 2. The Labute approximate surface area is 246 Å². The summed E-state index contributed by atoms with van der Waals surface area (Å²) in [4.78, 5) is 41.0. The van der Waals surface area contributed by atoms with Crippen molar-refractivity contribution in [3.63, 3.8) is 0 Å². The van der Waals surface area contributed by atoms with Crippen LogP contribution in [-0.4, -0.2) is 102 Å². The van der Waals surface area contributed by atoms with Gasteiger partial charge in [0.15, 0.2) is 0 Å². The van der Waals surface area contributed by atoms with Gasteiger partial charge in [0, 0.05) is 57.3 Å². The summed E-state index contributed by atoms with van der Waals surface area (Å²) in [5, 5.41) is 20.5. The number of amides is 3. The summed E-state index contributed by atoms with van der Waals surface area (Å²) < 4.78 is 57.8. The highest BCUT2D eigenvalue weighted by atomic mass is 35.5. The first-order valence-corrected chi connectivity index (χ1v) is 15.6. The Morgan fingerprint density at radius 3 is 2.38 bits per heavy atom. The van der Waals surface area contributed by atoms with Gasteiger partial charge in [-0.1, -0.05) is 11.6 Å². The minimum atomic E-state index is -3.82. The molecular weight excluding hydrogens is 598 g/mol. The molecule has 12 nitrogen and oxygen atoms in total. The second kappa shape index (κ2) is 11.9. The number of nitriles is 1. The van der Waals surface area contributed by atoms with Gasteiger partial charge in [-0.25, -0.2) is 13.6 Å². The number of halogens is 3. The third kappa shape index (κ3) is 5.77. The van der Waals surface area contributed by atoms with Crippen LogP contribution < -0.4 is 5.32 Å². The van der Waals surface area contributed by atoms with E-state index in [0.717, 1.165) is 17.0 Å². The fraction of sp³-hybridized carbons (Fsp3) is 0.615. The average Bonchev–Trinajstić information content (AvgIpc) is 3.38. The number of nitrogens with zero attached hydrogens (tertiary/aromatic N) is 5. The summed E-state index contributed by atoms with van der Waals surface area (Å²) in [5.74, 6) is -4.23. The van der Waals surface area contributed by atoms with Crippen molar-refractivity contribution in [2.24, 2.45) is 17.8 Å². The van der Waals surface area contributed by atoms with Crippen molar-refractivity contribution < 1.29 is 36.7 Å². The maximum atomic E-state index is 14.9. The first-order valence-electron chi connectivity index (χ1n) is 13.8. The van der Waals surface area contributed by atoms with E-state index < -0.39 is 62.8 Å². The molecule has 0 saturated carbocycles. The SMILES string of the molecule is N#CC1CN(S(=O)(=O)N2CCC[C@H](C(=O)N3CCC[C@@H]3C(=O)N[C@@H](c3cc(F)c(Cl)cc3F)C3CN(C(=O)O)C3)C2)C1. The summed E-state index contributed by atoms with van der Waals surface area (Å²) in [6.45, 7) is 0.723. The van der Waals surface area contributed by atoms with Crippen LogP contribution in [0.1, 0.15) is 37.3 Å². The van der Waals surface area contributed by atoms with E-state index >= 15 is 0 Å². The van der Waals surface area contributed by atoms with Crippen molar-refractivity contribution >= 4 is 39.7 Å². The van der Waals surface area contributed by atoms with Crippen molar-refractivity contribution in [1.29, 1.82) is 5.26 Å². The van der Waals surface area contributed by atoms with Crippen molar-refractivity contribution in [3.8, 4) is 6.07 Å². The standard InChI is InChI=1S/C26H31ClF2N6O6S/c27-19-8-20(28)18(7-21(19)29)23(17-12-32(13-17)26(38)39)31-24(36)22-4-2-6-35(22)25(37)16-3-1-5-33(14-16)42(40,41)34-10-15(9-30)11-34/h7-8,15-17,22-23H,1-6,10-14H2,(H,31,36)(H,38,39)/t16-,22+,23+/m0/s1. The normalized spacial score (nSPS) is 24.9. The zero-order valence-corrected chi connectivity index (χ0v) is 24.2. The van der Waals surface area contributed by atoms with Crippen LogP contribution in [0.3, 0.4) is 0 Å². The highest BCUT2D eigenvalue weighted by Gasteiger charge is 2.45. The van der Waals surface area contributed by atoms with E-state index in [2.05, 4.69) is 5.32 Å². The molecule has 1 aromatic carbocycles. The van der Waals surface area contributed by atoms with Gasteiger partial charge >= 0.3 is 6.09 Å². The minimum absolute atomic E-state index is 0.00418. The molecule has 4 heterocycles. The summed E-state index contributed by atoms with van der Waals surface area (Å²) in [7, 11) is -3.82. The molecule has 4 fully saturated rings. The van der Waals surface area contributed by atoms with Gasteiger partial charge in [-0.15, -0.1) is 0 Å². The van der Waals surface area contributed by atoms with Crippen LogP contribution >= 0.6 is 11.6 Å². The molecule has 0 unspecified atom stereocenters. The quantitative estimate of drug-likeness (QED) is 0.436. The lowest BCUT2D eigenvalue weighted by Gasteiger charge is -2.43. The van der Waals surface area contributed by atoms with Crippen LogP contribution in [0.5, 0.6) is 0 Å². The van der Waals surface area contributed by atoms with Gasteiger partial charge in [-0.2, -0.15) is 22.3 Å². The second-order valence-corrected chi connectivity index (χ2v) is 13.6. The summed E-state index contributed by atoms with van der Waals surface area (Å²) in [6, 6.07) is 1.75. The number of benzene rings is 1. The average molecular weight is 629 g/mol. The maximum Gasteiger partial charge on any atom is 0.407 e. The molecule has 5 rings (SSSR count). The molecule has 4 aliphatic heterocycles. The first-order chi connectivity index (χ1) is 19.9. The monoisotopic (exact) mass is 628 g/mol.